The molecule has 2 aromatic heterocycles. The molecule has 0 bridgehead atoms. The lowest BCUT2D eigenvalue weighted by molar-refractivity contribution is 0.443. The van der Waals surface area contributed by atoms with Crippen molar-refractivity contribution in [1.82, 2.24) is 25.3 Å². The van der Waals surface area contributed by atoms with Crippen molar-refractivity contribution >= 4 is 22.3 Å². The normalized spacial score (nSPS) is 15.4. The summed E-state index contributed by atoms with van der Waals surface area (Å²) in [6.07, 6.45) is 5.83. The zero-order valence-electron chi connectivity index (χ0n) is 22.4. The molecule has 0 saturated heterocycles. The second-order valence-electron chi connectivity index (χ2n) is 11.6. The summed E-state index contributed by atoms with van der Waals surface area (Å²) in [4.78, 5) is 4.49. The molecule has 2 aromatic carbocycles. The molecule has 0 amide bonds. The van der Waals surface area contributed by atoms with Crippen LogP contribution < -0.4 is 16.0 Å². The highest BCUT2D eigenvalue weighted by atomic mass is 15.4. The summed E-state index contributed by atoms with van der Waals surface area (Å²) < 4.78 is 1.96. The molecule has 6 rings (SSSR count). The van der Waals surface area contributed by atoms with Gasteiger partial charge in [-0.15, -0.1) is 5.10 Å². The van der Waals surface area contributed by atoms with E-state index in [0.29, 0.717) is 34.9 Å². The monoisotopic (exact) mass is 517 g/mol. The zero-order valence-corrected chi connectivity index (χ0v) is 22.4. The number of nitrogens with zero attached hydrogens (tertiary/aromatic N) is 6. The molecule has 1 saturated carbocycles. The van der Waals surface area contributed by atoms with Crippen LogP contribution in [0, 0.1) is 28.1 Å². The summed E-state index contributed by atoms with van der Waals surface area (Å²) in [6, 6.07) is 14.9. The van der Waals surface area contributed by atoms with Gasteiger partial charge in [-0.25, -0.2) is 4.68 Å². The number of hydrogen-bond acceptors (Lipinski definition) is 8. The second kappa shape index (κ2) is 9.68. The third-order valence-corrected chi connectivity index (χ3v) is 7.30. The summed E-state index contributed by atoms with van der Waals surface area (Å²) in [7, 11) is 0. The molecule has 1 atom stereocenters. The molecule has 196 valence electrons. The van der Waals surface area contributed by atoms with Crippen LogP contribution in [0.2, 0.25) is 0 Å². The van der Waals surface area contributed by atoms with E-state index >= 15 is 0 Å². The number of nitriles is 2. The van der Waals surface area contributed by atoms with E-state index in [0.717, 1.165) is 48.3 Å². The number of rotatable bonds is 7. The number of anilines is 2. The van der Waals surface area contributed by atoms with Crippen molar-refractivity contribution < 1.29 is 0 Å². The maximum Gasteiger partial charge on any atom is 0.109 e. The van der Waals surface area contributed by atoms with Gasteiger partial charge in [0.05, 0.1) is 40.6 Å². The van der Waals surface area contributed by atoms with Crippen molar-refractivity contribution in [2.45, 2.75) is 58.8 Å². The van der Waals surface area contributed by atoms with Crippen LogP contribution in [0.4, 0.5) is 11.4 Å². The quantitative estimate of drug-likeness (QED) is 0.306. The van der Waals surface area contributed by atoms with Crippen molar-refractivity contribution in [3.8, 4) is 12.1 Å². The van der Waals surface area contributed by atoms with Gasteiger partial charge in [0.25, 0.3) is 0 Å². The summed E-state index contributed by atoms with van der Waals surface area (Å²) >= 11 is 0. The zero-order chi connectivity index (χ0) is 27.1. The highest BCUT2D eigenvalue weighted by Gasteiger charge is 2.29. The van der Waals surface area contributed by atoms with Gasteiger partial charge in [-0.05, 0) is 47.1 Å². The first-order valence-electron chi connectivity index (χ1n) is 13.3. The van der Waals surface area contributed by atoms with Gasteiger partial charge in [0.2, 0.25) is 0 Å². The second-order valence-corrected chi connectivity index (χ2v) is 11.6. The van der Waals surface area contributed by atoms with E-state index in [9.17, 15) is 10.5 Å². The number of pyridine rings is 1. The Kier molecular flexibility index (Phi) is 6.17. The number of nitrogens with one attached hydrogen (secondary N) is 3. The Balaban J connectivity index is 1.47. The largest absolute Gasteiger partial charge is 0.383 e. The van der Waals surface area contributed by atoms with E-state index in [2.05, 4.69) is 82.4 Å². The molecule has 1 fully saturated rings. The van der Waals surface area contributed by atoms with Gasteiger partial charge in [-0.1, -0.05) is 44.2 Å². The lowest BCUT2D eigenvalue weighted by Gasteiger charge is -2.23. The third kappa shape index (κ3) is 4.89. The number of benzene rings is 2. The topological polar surface area (TPSA) is 127 Å². The molecule has 1 aliphatic carbocycles. The lowest BCUT2D eigenvalue weighted by atomic mass is 9.95. The molecular formula is C30H31N9. The average molecular weight is 518 g/mol. The van der Waals surface area contributed by atoms with E-state index in [1.165, 1.54) is 11.1 Å². The lowest BCUT2D eigenvalue weighted by Crippen LogP contribution is -2.20. The van der Waals surface area contributed by atoms with Crippen molar-refractivity contribution in [2.24, 2.45) is 5.41 Å². The van der Waals surface area contributed by atoms with Crippen LogP contribution in [-0.2, 0) is 13.1 Å². The summed E-state index contributed by atoms with van der Waals surface area (Å²) in [6.45, 7) is 8.69. The predicted molar refractivity (Wildman–Crippen MR) is 150 cm³/mol. The van der Waals surface area contributed by atoms with Crippen LogP contribution in [0.5, 0.6) is 0 Å². The maximum atomic E-state index is 10.1. The van der Waals surface area contributed by atoms with Gasteiger partial charge in [0.1, 0.15) is 17.8 Å². The molecule has 3 N–H and O–H groups in total. The molecule has 9 nitrogen and oxygen atoms in total. The van der Waals surface area contributed by atoms with Crippen molar-refractivity contribution in [3.63, 3.8) is 0 Å². The molecule has 4 aromatic rings. The fourth-order valence-electron chi connectivity index (χ4n) is 5.15. The van der Waals surface area contributed by atoms with Gasteiger partial charge in [0, 0.05) is 36.9 Å². The first-order chi connectivity index (χ1) is 18.8. The fourth-order valence-corrected chi connectivity index (χ4v) is 5.15. The molecule has 0 unspecified atom stereocenters. The summed E-state index contributed by atoms with van der Waals surface area (Å²) in [5.41, 5.74) is 7.41. The molecule has 0 spiro atoms. The summed E-state index contributed by atoms with van der Waals surface area (Å²) in [5, 5.41) is 40.3. The average Bonchev–Trinajstić information content (AvgIpc) is 3.45. The number of fused-ring (bicyclic) bond motifs is 2. The molecular weight excluding hydrogens is 486 g/mol. The first kappa shape index (κ1) is 24.8. The number of hydrogen-bond donors (Lipinski definition) is 3. The molecule has 1 aliphatic heterocycles. The minimum atomic E-state index is -0.269. The Bertz CT molecular complexity index is 1640. The van der Waals surface area contributed by atoms with E-state index in [1.807, 2.05) is 23.0 Å². The highest BCUT2D eigenvalue weighted by Crippen LogP contribution is 2.38. The molecule has 0 radical (unpaired) electrons. The third-order valence-electron chi connectivity index (χ3n) is 7.30. The Morgan fingerprint density at radius 3 is 2.69 bits per heavy atom. The minimum absolute atomic E-state index is 0.00353. The van der Waals surface area contributed by atoms with Crippen molar-refractivity contribution in [1.29, 1.82) is 10.5 Å². The van der Waals surface area contributed by atoms with Crippen molar-refractivity contribution in [2.75, 3.05) is 17.2 Å². The first-order valence-corrected chi connectivity index (χ1v) is 13.3. The van der Waals surface area contributed by atoms with Crippen LogP contribution >= 0.6 is 0 Å². The number of aromatic nitrogens is 4. The van der Waals surface area contributed by atoms with Gasteiger partial charge >= 0.3 is 0 Å². The van der Waals surface area contributed by atoms with Crippen LogP contribution in [0.15, 0.2) is 42.7 Å². The van der Waals surface area contributed by atoms with E-state index < -0.39 is 0 Å². The summed E-state index contributed by atoms with van der Waals surface area (Å²) in [5.74, 6) is 0. The SMILES string of the molecule is CC(C)(C)CNc1c(C#N)cnc2c(C#N)cc(N[C@H](c3cn(C4CC4)nn3)c3cccc4c3CNC4)cc12. The van der Waals surface area contributed by atoms with Gasteiger partial charge in [-0.3, -0.25) is 4.98 Å². The Labute approximate surface area is 227 Å². The van der Waals surface area contributed by atoms with Gasteiger partial charge in [-0.2, -0.15) is 10.5 Å². The molecule has 3 heterocycles. The van der Waals surface area contributed by atoms with Crippen LogP contribution in [0.1, 0.15) is 79.2 Å². The van der Waals surface area contributed by atoms with Gasteiger partial charge in [0.15, 0.2) is 0 Å². The highest BCUT2D eigenvalue weighted by molar-refractivity contribution is 5.99. The Morgan fingerprint density at radius 1 is 1.13 bits per heavy atom. The smallest absolute Gasteiger partial charge is 0.109 e. The minimum Gasteiger partial charge on any atom is -0.383 e. The van der Waals surface area contributed by atoms with E-state index in [1.54, 1.807) is 6.20 Å². The van der Waals surface area contributed by atoms with E-state index in [4.69, 9.17) is 0 Å². The van der Waals surface area contributed by atoms with Gasteiger partial charge < -0.3 is 16.0 Å². The van der Waals surface area contributed by atoms with Crippen LogP contribution in [-0.4, -0.2) is 26.5 Å². The Morgan fingerprint density at radius 2 is 1.95 bits per heavy atom. The van der Waals surface area contributed by atoms with Crippen molar-refractivity contribution in [3.05, 3.63) is 76.2 Å². The molecule has 39 heavy (non-hydrogen) atoms. The molecule has 2 aliphatic rings. The molecule has 9 heteroatoms. The van der Waals surface area contributed by atoms with Crippen LogP contribution in [0.25, 0.3) is 10.9 Å². The predicted octanol–water partition coefficient (Wildman–Crippen LogP) is 5.17. The van der Waals surface area contributed by atoms with E-state index in [-0.39, 0.29) is 11.5 Å². The fraction of sp³-hybridized carbons (Fsp3) is 0.367. The standard InChI is InChI=1S/C30H31N9/c1-30(2,3)17-35-28-20(12-32)14-34-27-19(11-31)9-21(10-24(27)28)36-29(26-16-39(38-37-26)22-7-8-22)23-6-4-5-18-13-33-15-25(18)23/h4-6,9-10,14,16,22,29,33,36H,7-8,13,15,17H2,1-3H3,(H,34,35)/t29-/m0/s1. The van der Waals surface area contributed by atoms with Crippen LogP contribution in [0.3, 0.4) is 0 Å². The Hall–Kier alpha value is -4.47. The maximum absolute atomic E-state index is 10.1.